The van der Waals surface area contributed by atoms with Gasteiger partial charge in [0.25, 0.3) is 0 Å². The van der Waals surface area contributed by atoms with Gasteiger partial charge in [0.05, 0.1) is 30.2 Å². The number of unbranched alkanes of at least 4 members (excludes halogenated alkanes) is 2. The van der Waals surface area contributed by atoms with E-state index in [0.29, 0.717) is 50.5 Å². The number of hydrogen-bond acceptors (Lipinski definition) is 7. The van der Waals surface area contributed by atoms with Gasteiger partial charge in [-0.3, -0.25) is 24.3 Å². The highest BCUT2D eigenvalue weighted by molar-refractivity contribution is 6.05. The number of benzene rings is 1. The second-order valence-electron chi connectivity index (χ2n) is 11.1. The summed E-state index contributed by atoms with van der Waals surface area (Å²) in [6, 6.07) is 12.4. The summed E-state index contributed by atoms with van der Waals surface area (Å²) in [6.45, 7) is 1.85. The molecule has 4 rings (SSSR count). The van der Waals surface area contributed by atoms with E-state index in [9.17, 15) is 29.7 Å². The summed E-state index contributed by atoms with van der Waals surface area (Å²) in [5, 5.41) is 40.6. The molecule has 42 heavy (non-hydrogen) atoms. The Labute approximate surface area is 246 Å². The predicted molar refractivity (Wildman–Crippen MR) is 158 cm³/mol. The van der Waals surface area contributed by atoms with Crippen LogP contribution < -0.4 is 0 Å². The molecule has 224 valence electrons. The maximum atomic E-state index is 13.5. The average molecular weight is 577 g/mol. The molecule has 0 bridgehead atoms. The van der Waals surface area contributed by atoms with Crippen LogP contribution in [0.3, 0.4) is 0 Å². The van der Waals surface area contributed by atoms with Crippen LogP contribution in [0.2, 0.25) is 0 Å². The third-order valence-electron chi connectivity index (χ3n) is 8.45. The van der Waals surface area contributed by atoms with Crippen LogP contribution in [-0.2, 0) is 14.4 Å². The van der Waals surface area contributed by atoms with Gasteiger partial charge in [0.15, 0.2) is 0 Å². The minimum absolute atomic E-state index is 0.0525. The zero-order valence-electron chi connectivity index (χ0n) is 24.0. The van der Waals surface area contributed by atoms with Crippen LogP contribution in [0, 0.1) is 17.8 Å². The number of carboxylic acids is 1. The van der Waals surface area contributed by atoms with Crippen molar-refractivity contribution in [2.45, 2.75) is 64.4 Å². The van der Waals surface area contributed by atoms with Crippen LogP contribution in [0.5, 0.6) is 5.75 Å². The summed E-state index contributed by atoms with van der Waals surface area (Å²) in [5.74, 6) is -3.18. The first kappa shape index (κ1) is 31.1. The number of nitrogens with zero attached hydrogens (tertiary/aromatic N) is 2. The summed E-state index contributed by atoms with van der Waals surface area (Å²) in [5.41, 5.74) is 4.11. The predicted octanol–water partition coefficient (Wildman–Crippen LogP) is 4.43. The number of aliphatic hydroxyl groups is 2. The van der Waals surface area contributed by atoms with E-state index in [-0.39, 0.29) is 37.1 Å². The van der Waals surface area contributed by atoms with Gasteiger partial charge in [0, 0.05) is 25.1 Å². The number of aromatic hydroxyl groups is 1. The summed E-state index contributed by atoms with van der Waals surface area (Å²) in [4.78, 5) is 43.3. The van der Waals surface area contributed by atoms with E-state index in [0.717, 1.165) is 22.4 Å². The number of pyridine rings is 1. The molecule has 1 fully saturated rings. The van der Waals surface area contributed by atoms with Gasteiger partial charge in [-0.2, -0.15) is 0 Å². The number of aliphatic carboxylic acids is 1. The number of allylic oxidation sites excluding steroid dienone is 2. The van der Waals surface area contributed by atoms with Gasteiger partial charge >= 0.3 is 5.97 Å². The molecule has 1 aliphatic heterocycles. The molecule has 1 aromatic carbocycles. The number of carbonyl (C=O) groups is 3. The highest BCUT2D eigenvalue weighted by Crippen LogP contribution is 2.47. The highest BCUT2D eigenvalue weighted by Gasteiger charge is 2.54. The Morgan fingerprint density at radius 3 is 2.48 bits per heavy atom. The summed E-state index contributed by atoms with van der Waals surface area (Å²) in [7, 11) is 0. The Morgan fingerprint density at radius 1 is 1.07 bits per heavy atom. The van der Waals surface area contributed by atoms with E-state index < -0.39 is 29.8 Å². The maximum Gasteiger partial charge on any atom is 0.303 e. The van der Waals surface area contributed by atoms with Crippen LogP contribution in [-0.4, -0.2) is 67.3 Å². The van der Waals surface area contributed by atoms with Crippen LogP contribution >= 0.6 is 0 Å². The molecule has 0 unspecified atom stereocenters. The third-order valence-corrected chi connectivity index (χ3v) is 8.45. The van der Waals surface area contributed by atoms with Crippen molar-refractivity contribution >= 4 is 29.4 Å². The molecular weight excluding hydrogens is 536 g/mol. The van der Waals surface area contributed by atoms with E-state index in [2.05, 4.69) is 4.98 Å². The fourth-order valence-electron chi connectivity index (χ4n) is 6.35. The molecule has 0 radical (unpaired) electrons. The lowest BCUT2D eigenvalue weighted by molar-refractivity contribution is -0.141. The Kier molecular flexibility index (Phi) is 10.7. The number of amides is 2. The SMILES string of the molecule is CCC1=C([C@H](O)CC/C(=C/c2ccc(O)cc2)c2ccccn2)[C@H](CO)[C@@H]2C(=O)N(CCCCCC(=O)O)C(=O)[C@@H]2C1. The van der Waals surface area contributed by atoms with Gasteiger partial charge in [0.2, 0.25) is 11.8 Å². The number of phenols is 1. The molecule has 0 saturated carbocycles. The summed E-state index contributed by atoms with van der Waals surface area (Å²) >= 11 is 0. The number of rotatable bonds is 14. The van der Waals surface area contributed by atoms with Crippen molar-refractivity contribution < 1.29 is 34.8 Å². The number of likely N-dealkylation sites (tertiary alicyclic amines) is 1. The number of hydrogen-bond donors (Lipinski definition) is 4. The van der Waals surface area contributed by atoms with Crippen LogP contribution in [0.1, 0.15) is 69.5 Å². The van der Waals surface area contributed by atoms with Gasteiger partial charge in [-0.1, -0.05) is 37.1 Å². The zero-order valence-corrected chi connectivity index (χ0v) is 24.0. The molecule has 9 heteroatoms. The Balaban J connectivity index is 1.52. The van der Waals surface area contributed by atoms with Crippen molar-refractivity contribution in [3.63, 3.8) is 0 Å². The van der Waals surface area contributed by atoms with Crippen LogP contribution in [0.25, 0.3) is 11.6 Å². The minimum Gasteiger partial charge on any atom is -0.508 e. The lowest BCUT2D eigenvalue weighted by atomic mass is 9.67. The zero-order chi connectivity index (χ0) is 30.2. The molecule has 4 N–H and O–H groups in total. The molecule has 1 aliphatic carbocycles. The van der Waals surface area contributed by atoms with Crippen molar-refractivity contribution in [1.82, 2.24) is 9.88 Å². The first-order valence-electron chi connectivity index (χ1n) is 14.7. The molecule has 2 aliphatic rings. The number of phenolic OH excluding ortho intramolecular Hbond substituents is 1. The molecule has 0 spiro atoms. The molecule has 1 aromatic heterocycles. The fourth-order valence-corrected chi connectivity index (χ4v) is 6.35. The topological polar surface area (TPSA) is 148 Å². The number of aromatic nitrogens is 1. The minimum atomic E-state index is -0.919. The van der Waals surface area contributed by atoms with E-state index in [1.165, 1.54) is 4.90 Å². The van der Waals surface area contributed by atoms with E-state index in [1.54, 1.807) is 30.5 Å². The van der Waals surface area contributed by atoms with Gasteiger partial charge in [-0.15, -0.1) is 0 Å². The monoisotopic (exact) mass is 576 g/mol. The van der Waals surface area contributed by atoms with Crippen LogP contribution in [0.4, 0.5) is 0 Å². The lowest BCUT2D eigenvalue weighted by Crippen LogP contribution is -2.39. The highest BCUT2D eigenvalue weighted by atomic mass is 16.4. The van der Waals surface area contributed by atoms with E-state index in [4.69, 9.17) is 5.11 Å². The number of fused-ring (bicyclic) bond motifs is 1. The molecule has 4 atom stereocenters. The van der Waals surface area contributed by atoms with Gasteiger partial charge in [-0.05, 0) is 85.6 Å². The summed E-state index contributed by atoms with van der Waals surface area (Å²) in [6.07, 6.45) is 6.20. The second-order valence-corrected chi connectivity index (χ2v) is 11.1. The lowest BCUT2D eigenvalue weighted by Gasteiger charge is -2.36. The van der Waals surface area contributed by atoms with E-state index >= 15 is 0 Å². The number of carboxylic acid groups (broad SMARTS) is 1. The molecule has 2 aromatic rings. The molecule has 2 heterocycles. The smallest absolute Gasteiger partial charge is 0.303 e. The van der Waals surface area contributed by atoms with Gasteiger partial charge in [-0.25, -0.2) is 0 Å². The Bertz CT molecular complexity index is 1320. The Morgan fingerprint density at radius 2 is 1.83 bits per heavy atom. The van der Waals surface area contributed by atoms with Gasteiger partial charge in [0.1, 0.15) is 5.75 Å². The molecule has 1 saturated heterocycles. The Hall–Kier alpha value is -3.82. The van der Waals surface area contributed by atoms with Crippen molar-refractivity contribution in [2.75, 3.05) is 13.2 Å². The standard InChI is InChI=1S/C33H40N2O7/c1-2-22-19-25-31(33(42)35(32(25)41)17-7-3-4-9-29(39)40)26(20-36)30(22)28(38)15-12-23(27-8-5-6-16-34-27)18-21-10-13-24(37)14-11-21/h5-6,8,10-11,13-14,16,18,25-26,28,31,36-38H,2-4,7,9,12,15,17,19-20H2,1H3,(H,39,40)/b23-18-/t25-,26+,28-,31-/m1/s1. The number of aliphatic hydroxyl groups excluding tert-OH is 2. The molecule has 9 nitrogen and oxygen atoms in total. The van der Waals surface area contributed by atoms with Crippen LogP contribution in [0.15, 0.2) is 59.8 Å². The van der Waals surface area contributed by atoms with Crippen molar-refractivity contribution in [3.05, 3.63) is 71.1 Å². The maximum absolute atomic E-state index is 13.5. The van der Waals surface area contributed by atoms with Crippen molar-refractivity contribution in [2.24, 2.45) is 17.8 Å². The largest absolute Gasteiger partial charge is 0.508 e. The van der Waals surface area contributed by atoms with E-state index in [1.807, 2.05) is 31.2 Å². The number of imide groups is 1. The van der Waals surface area contributed by atoms with Crippen molar-refractivity contribution in [1.29, 1.82) is 0 Å². The van der Waals surface area contributed by atoms with Gasteiger partial charge < -0.3 is 20.4 Å². The summed E-state index contributed by atoms with van der Waals surface area (Å²) < 4.78 is 0. The molecular formula is C33H40N2O7. The second kappa shape index (κ2) is 14.4. The number of carbonyl (C=O) groups excluding carboxylic acids is 2. The first-order valence-corrected chi connectivity index (χ1v) is 14.7. The van der Waals surface area contributed by atoms with Crippen molar-refractivity contribution in [3.8, 4) is 5.75 Å². The third kappa shape index (κ3) is 7.14. The fraction of sp³-hybridized carbons (Fsp3) is 0.455. The average Bonchev–Trinajstić information content (AvgIpc) is 3.23. The normalized spacial score (nSPS) is 21.5. The quantitative estimate of drug-likeness (QED) is 0.147. The molecule has 2 amide bonds. The first-order chi connectivity index (χ1) is 20.2.